The minimum Gasteiger partial charge on any atom is -0.309 e. The summed E-state index contributed by atoms with van der Waals surface area (Å²) in [6.07, 6.45) is 2.63. The highest BCUT2D eigenvalue weighted by Crippen LogP contribution is 2.21. The summed E-state index contributed by atoms with van der Waals surface area (Å²) in [5, 5.41) is 7.37. The average molecular weight is 301 g/mol. The van der Waals surface area contributed by atoms with Gasteiger partial charge in [-0.25, -0.2) is 4.98 Å². The summed E-state index contributed by atoms with van der Waals surface area (Å²) < 4.78 is 2.98. The highest BCUT2D eigenvalue weighted by molar-refractivity contribution is 9.11. The van der Waals surface area contributed by atoms with Gasteiger partial charge in [-0.1, -0.05) is 0 Å². The summed E-state index contributed by atoms with van der Waals surface area (Å²) in [7, 11) is 1.90. The third-order valence-electron chi connectivity index (χ3n) is 2.27. The van der Waals surface area contributed by atoms with Crippen LogP contribution in [0.15, 0.2) is 22.2 Å². The van der Waals surface area contributed by atoms with E-state index in [2.05, 4.69) is 43.5 Å². The minimum absolute atomic E-state index is 0.767. The first kappa shape index (κ1) is 11.8. The molecule has 0 saturated heterocycles. The van der Waals surface area contributed by atoms with Gasteiger partial charge in [-0.2, -0.15) is 5.10 Å². The molecule has 4 nitrogen and oxygen atoms in total. The number of rotatable bonds is 5. The molecule has 0 spiro atoms. The summed E-state index contributed by atoms with van der Waals surface area (Å²) in [4.78, 5) is 5.54. The van der Waals surface area contributed by atoms with Gasteiger partial charge in [0.25, 0.3) is 0 Å². The number of hydrogen-bond donors (Lipinski definition) is 1. The molecule has 0 fully saturated rings. The van der Waals surface area contributed by atoms with E-state index in [-0.39, 0.29) is 0 Å². The van der Waals surface area contributed by atoms with Crippen LogP contribution in [0.3, 0.4) is 0 Å². The topological polar surface area (TPSA) is 42.7 Å². The maximum absolute atomic E-state index is 4.15. The first-order valence-electron chi connectivity index (χ1n) is 5.03. The van der Waals surface area contributed by atoms with Crippen molar-refractivity contribution in [3.05, 3.63) is 32.9 Å². The van der Waals surface area contributed by atoms with Crippen molar-refractivity contribution in [2.75, 3.05) is 6.54 Å². The highest BCUT2D eigenvalue weighted by atomic mass is 79.9. The average Bonchev–Trinajstić information content (AvgIpc) is 2.83. The Balaban J connectivity index is 1.71. The summed E-state index contributed by atoms with van der Waals surface area (Å²) in [6, 6.07) is 4.24. The molecule has 0 unspecified atom stereocenters. The monoisotopic (exact) mass is 300 g/mol. The lowest BCUT2D eigenvalue weighted by Crippen LogP contribution is -2.18. The van der Waals surface area contributed by atoms with E-state index in [1.807, 2.05) is 7.05 Å². The van der Waals surface area contributed by atoms with Crippen molar-refractivity contribution in [3.8, 4) is 0 Å². The van der Waals surface area contributed by atoms with Crippen LogP contribution in [0.2, 0.25) is 0 Å². The first-order valence-corrected chi connectivity index (χ1v) is 6.64. The Morgan fingerprint density at radius 3 is 3.00 bits per heavy atom. The fourth-order valence-electron chi connectivity index (χ4n) is 1.38. The molecule has 2 rings (SSSR count). The molecule has 0 aliphatic carbocycles. The molecule has 86 valence electrons. The van der Waals surface area contributed by atoms with Crippen LogP contribution in [0.5, 0.6) is 0 Å². The lowest BCUT2D eigenvalue weighted by molar-refractivity contribution is 0.616. The van der Waals surface area contributed by atoms with Crippen molar-refractivity contribution >= 4 is 27.3 Å². The number of halogens is 1. The maximum Gasteiger partial charge on any atom is 0.140 e. The number of aryl methyl sites for hydroxylation is 1. The quantitative estimate of drug-likeness (QED) is 0.859. The lowest BCUT2D eigenvalue weighted by Gasteiger charge is -2.02. The standard InChI is InChI=1S/C10H13BrN4S/c1-15-10(13-7-14-15)6-12-5-4-8-2-3-9(11)16-8/h2-3,7,12H,4-6H2,1H3. The molecule has 16 heavy (non-hydrogen) atoms. The van der Waals surface area contributed by atoms with Crippen LogP contribution in [0, 0.1) is 0 Å². The zero-order chi connectivity index (χ0) is 11.4. The predicted molar refractivity (Wildman–Crippen MR) is 68.4 cm³/mol. The van der Waals surface area contributed by atoms with Gasteiger partial charge in [0.05, 0.1) is 10.3 Å². The van der Waals surface area contributed by atoms with Gasteiger partial charge in [-0.15, -0.1) is 11.3 Å². The first-order chi connectivity index (χ1) is 7.75. The maximum atomic E-state index is 4.15. The fourth-order valence-corrected chi connectivity index (χ4v) is 2.86. The van der Waals surface area contributed by atoms with Crippen LogP contribution in [-0.4, -0.2) is 21.3 Å². The van der Waals surface area contributed by atoms with Crippen molar-refractivity contribution < 1.29 is 0 Å². The smallest absolute Gasteiger partial charge is 0.140 e. The predicted octanol–water partition coefficient (Wildman–Crippen LogP) is 1.97. The second-order valence-corrected chi connectivity index (χ2v) is 5.98. The van der Waals surface area contributed by atoms with Crippen LogP contribution in [0.25, 0.3) is 0 Å². The van der Waals surface area contributed by atoms with Crippen molar-refractivity contribution in [1.82, 2.24) is 20.1 Å². The molecule has 0 bridgehead atoms. The molecule has 2 aromatic heterocycles. The summed E-state index contributed by atoms with van der Waals surface area (Å²) in [6.45, 7) is 1.73. The number of thiophene rings is 1. The second-order valence-electron chi connectivity index (χ2n) is 3.43. The molecule has 1 N–H and O–H groups in total. The summed E-state index contributed by atoms with van der Waals surface area (Å²) >= 11 is 5.24. The molecule has 0 saturated carbocycles. The molecule has 2 aromatic rings. The van der Waals surface area contributed by atoms with Gasteiger partial charge in [0, 0.05) is 18.5 Å². The highest BCUT2D eigenvalue weighted by Gasteiger charge is 2.00. The van der Waals surface area contributed by atoms with Gasteiger partial charge in [0.2, 0.25) is 0 Å². The summed E-state index contributed by atoms with van der Waals surface area (Å²) in [5.41, 5.74) is 0. The van der Waals surface area contributed by atoms with Crippen LogP contribution in [-0.2, 0) is 20.0 Å². The van der Waals surface area contributed by atoms with E-state index in [0.717, 1.165) is 25.3 Å². The molecule has 6 heteroatoms. The van der Waals surface area contributed by atoms with Gasteiger partial charge in [-0.05, 0) is 34.5 Å². The molecular weight excluding hydrogens is 288 g/mol. The number of aromatic nitrogens is 3. The third kappa shape index (κ3) is 3.13. The Morgan fingerprint density at radius 1 is 1.50 bits per heavy atom. The van der Waals surface area contributed by atoms with Gasteiger partial charge in [0.15, 0.2) is 0 Å². The van der Waals surface area contributed by atoms with Gasteiger partial charge in [-0.3, -0.25) is 4.68 Å². The fraction of sp³-hybridized carbons (Fsp3) is 0.400. The van der Waals surface area contributed by atoms with E-state index in [4.69, 9.17) is 0 Å². The Bertz CT molecular complexity index is 451. The van der Waals surface area contributed by atoms with E-state index >= 15 is 0 Å². The number of hydrogen-bond acceptors (Lipinski definition) is 4. The van der Waals surface area contributed by atoms with Gasteiger partial charge in [0.1, 0.15) is 12.2 Å². The van der Waals surface area contributed by atoms with E-state index in [1.54, 1.807) is 22.3 Å². The zero-order valence-electron chi connectivity index (χ0n) is 8.98. The van der Waals surface area contributed by atoms with E-state index in [0.29, 0.717) is 0 Å². The van der Waals surface area contributed by atoms with Crippen LogP contribution >= 0.6 is 27.3 Å². The van der Waals surface area contributed by atoms with Crippen LogP contribution in [0.1, 0.15) is 10.7 Å². The Morgan fingerprint density at radius 2 is 2.38 bits per heavy atom. The molecule has 0 radical (unpaired) electrons. The third-order valence-corrected chi connectivity index (χ3v) is 3.95. The SMILES string of the molecule is Cn1ncnc1CNCCc1ccc(Br)s1. The van der Waals surface area contributed by atoms with Gasteiger partial charge < -0.3 is 5.32 Å². The molecule has 0 aliphatic heterocycles. The number of nitrogens with one attached hydrogen (secondary N) is 1. The van der Waals surface area contributed by atoms with Crippen LogP contribution < -0.4 is 5.32 Å². The minimum atomic E-state index is 0.767. The number of nitrogens with zero attached hydrogens (tertiary/aromatic N) is 3. The van der Waals surface area contributed by atoms with E-state index in [1.165, 1.54) is 8.66 Å². The van der Waals surface area contributed by atoms with Crippen molar-refractivity contribution in [1.29, 1.82) is 0 Å². The van der Waals surface area contributed by atoms with Crippen LogP contribution in [0.4, 0.5) is 0 Å². The second kappa shape index (κ2) is 5.56. The molecule has 0 atom stereocenters. The van der Waals surface area contributed by atoms with Gasteiger partial charge >= 0.3 is 0 Å². The molecule has 0 amide bonds. The Labute approximate surface area is 107 Å². The summed E-state index contributed by atoms with van der Waals surface area (Å²) in [5.74, 6) is 0.965. The molecule has 0 aliphatic rings. The Hall–Kier alpha value is -0.720. The van der Waals surface area contributed by atoms with E-state index in [9.17, 15) is 0 Å². The zero-order valence-corrected chi connectivity index (χ0v) is 11.4. The molecule has 0 aromatic carbocycles. The molecule has 2 heterocycles. The van der Waals surface area contributed by atoms with Crippen molar-refractivity contribution in [2.24, 2.45) is 7.05 Å². The van der Waals surface area contributed by atoms with Crippen molar-refractivity contribution in [2.45, 2.75) is 13.0 Å². The molecular formula is C10H13BrN4S. The Kier molecular flexibility index (Phi) is 4.09. The van der Waals surface area contributed by atoms with Crippen molar-refractivity contribution in [3.63, 3.8) is 0 Å². The van der Waals surface area contributed by atoms with E-state index < -0.39 is 0 Å². The normalized spacial score (nSPS) is 10.9. The largest absolute Gasteiger partial charge is 0.309 e. The lowest BCUT2D eigenvalue weighted by atomic mass is 10.3.